The van der Waals surface area contributed by atoms with Crippen molar-refractivity contribution in [2.45, 2.75) is 27.7 Å². The number of nitrogens with zero attached hydrogens (tertiary/aromatic N) is 3. The van der Waals surface area contributed by atoms with Crippen LogP contribution < -0.4 is 0 Å². The first-order valence-electron chi connectivity index (χ1n) is 17.1. The average molecular weight is 850 g/mol. The van der Waals surface area contributed by atoms with E-state index in [1.165, 1.54) is 44.2 Å². The number of benzene rings is 5. The van der Waals surface area contributed by atoms with Gasteiger partial charge in [0.05, 0.1) is 5.58 Å². The Hall–Kier alpha value is -5.74. The number of hydrogen-bond donors (Lipinski definition) is 0. The summed E-state index contributed by atoms with van der Waals surface area (Å²) in [5.41, 5.74) is 14.5. The largest absolute Gasteiger partial charge is 0.486 e. The molecule has 5 heteroatoms. The number of aromatic nitrogens is 3. The summed E-state index contributed by atoms with van der Waals surface area (Å²) in [6.07, 6.45) is 3.75. The molecule has 5 aromatic carbocycles. The van der Waals surface area contributed by atoms with E-state index in [4.69, 9.17) is 9.40 Å². The minimum atomic E-state index is 0. The van der Waals surface area contributed by atoms with Crippen LogP contribution in [0.1, 0.15) is 22.4 Å². The Morgan fingerprint density at radius 3 is 2.15 bits per heavy atom. The van der Waals surface area contributed by atoms with Gasteiger partial charge in [0.15, 0.2) is 0 Å². The molecule has 0 saturated heterocycles. The maximum atomic E-state index is 6.24. The second-order valence-corrected chi connectivity index (χ2v) is 13.0. The Kier molecular flexibility index (Phi) is 9.91. The fourth-order valence-electron chi connectivity index (χ4n) is 6.67. The zero-order valence-electron chi connectivity index (χ0n) is 29.4. The van der Waals surface area contributed by atoms with Crippen molar-refractivity contribution in [2.75, 3.05) is 0 Å². The SMILES string of the molecule is Cc1c[c-]c(-c2ccc(C)cn2)cc1.Cc1ccc2c(n1)oc1c(-c3cc(-c4c(C)cc(-c5ccccc5)c5ccccc45)ccn3)[c-]ccc12.[Ir]. The van der Waals surface area contributed by atoms with Crippen LogP contribution in [0.4, 0.5) is 0 Å². The van der Waals surface area contributed by atoms with E-state index in [2.05, 4.69) is 127 Å². The minimum Gasteiger partial charge on any atom is -0.486 e. The number of hydrogen-bond acceptors (Lipinski definition) is 4. The Balaban J connectivity index is 0.000000236. The van der Waals surface area contributed by atoms with Gasteiger partial charge < -0.3 is 14.4 Å². The summed E-state index contributed by atoms with van der Waals surface area (Å²) in [5, 5.41) is 4.49. The number of rotatable bonds is 4. The van der Waals surface area contributed by atoms with E-state index in [-0.39, 0.29) is 20.1 Å². The topological polar surface area (TPSA) is 51.8 Å². The van der Waals surface area contributed by atoms with Crippen LogP contribution in [-0.4, -0.2) is 15.0 Å². The predicted molar refractivity (Wildman–Crippen MR) is 209 cm³/mol. The molecule has 0 N–H and O–H groups in total. The fraction of sp³-hybridized carbons (Fsp3) is 0.0851. The number of aryl methyl sites for hydroxylation is 4. The molecular formula is C47H35IrN3O-2. The van der Waals surface area contributed by atoms with Crippen LogP contribution in [0.25, 0.3) is 77.6 Å². The standard InChI is InChI=1S/C34H23N2O.C13H12N.Ir/c1-21-19-30(23-9-4-3-5-10-23)25-11-6-7-12-26(25)32(21)24-17-18-35-31(20-24)29-14-8-13-27-28-16-15-22(2)36-34(28)37-33(27)29;1-10-3-6-12(7-4-10)13-8-5-11(2)9-14-13;/h3-13,15-20H,1-2H3;3-6,8-9H,1-2H3;/q2*-1;. The van der Waals surface area contributed by atoms with E-state index in [1.54, 1.807) is 0 Å². The van der Waals surface area contributed by atoms with Crippen molar-refractivity contribution in [1.82, 2.24) is 15.0 Å². The third-order valence-corrected chi connectivity index (χ3v) is 9.22. The number of fused-ring (bicyclic) bond motifs is 4. The van der Waals surface area contributed by atoms with Gasteiger partial charge >= 0.3 is 0 Å². The molecule has 4 heterocycles. The van der Waals surface area contributed by atoms with Gasteiger partial charge in [-0.2, -0.15) is 0 Å². The van der Waals surface area contributed by atoms with Crippen molar-refractivity contribution in [1.29, 1.82) is 0 Å². The quantitative estimate of drug-likeness (QED) is 0.166. The van der Waals surface area contributed by atoms with Crippen LogP contribution in [-0.2, 0) is 20.1 Å². The van der Waals surface area contributed by atoms with Gasteiger partial charge in [0.2, 0.25) is 5.71 Å². The first-order valence-corrected chi connectivity index (χ1v) is 17.1. The molecule has 255 valence electrons. The Bertz CT molecular complexity index is 2620. The molecule has 0 aliphatic carbocycles. The van der Waals surface area contributed by atoms with E-state index in [0.29, 0.717) is 5.71 Å². The first kappa shape index (κ1) is 34.7. The molecule has 9 rings (SSSR count). The summed E-state index contributed by atoms with van der Waals surface area (Å²) in [5.74, 6) is 0. The van der Waals surface area contributed by atoms with Gasteiger partial charge in [0.1, 0.15) is 0 Å². The van der Waals surface area contributed by atoms with Gasteiger partial charge in [0.25, 0.3) is 0 Å². The zero-order valence-corrected chi connectivity index (χ0v) is 31.8. The van der Waals surface area contributed by atoms with E-state index < -0.39 is 0 Å². The van der Waals surface area contributed by atoms with Crippen molar-refractivity contribution < 1.29 is 24.5 Å². The molecule has 0 aliphatic rings. The van der Waals surface area contributed by atoms with Gasteiger partial charge in [-0.3, -0.25) is 0 Å². The molecule has 52 heavy (non-hydrogen) atoms. The second-order valence-electron chi connectivity index (χ2n) is 13.0. The Labute approximate surface area is 317 Å². The first-order chi connectivity index (χ1) is 24.9. The average Bonchev–Trinajstić information content (AvgIpc) is 3.54. The molecular weight excluding hydrogens is 815 g/mol. The molecule has 0 fully saturated rings. The summed E-state index contributed by atoms with van der Waals surface area (Å²) in [6.45, 7) is 8.26. The molecule has 4 nitrogen and oxygen atoms in total. The maximum Gasteiger partial charge on any atom is 0.216 e. The van der Waals surface area contributed by atoms with Crippen LogP contribution in [0.15, 0.2) is 144 Å². The van der Waals surface area contributed by atoms with Crippen molar-refractivity contribution in [3.63, 3.8) is 0 Å². The summed E-state index contributed by atoms with van der Waals surface area (Å²) in [7, 11) is 0. The number of furan rings is 1. The molecule has 0 saturated carbocycles. The molecule has 0 unspecified atom stereocenters. The molecule has 9 aromatic rings. The summed E-state index contributed by atoms with van der Waals surface area (Å²) in [4.78, 5) is 13.7. The third-order valence-electron chi connectivity index (χ3n) is 9.22. The maximum absolute atomic E-state index is 6.24. The van der Waals surface area contributed by atoms with Crippen LogP contribution in [0.2, 0.25) is 0 Å². The van der Waals surface area contributed by atoms with Gasteiger partial charge in [-0.25, -0.2) is 4.98 Å². The molecule has 0 aliphatic heterocycles. The predicted octanol–water partition coefficient (Wildman–Crippen LogP) is 12.1. The Morgan fingerprint density at radius 1 is 0.596 bits per heavy atom. The molecule has 0 amide bonds. The minimum absolute atomic E-state index is 0. The van der Waals surface area contributed by atoms with Crippen LogP contribution in [0.3, 0.4) is 0 Å². The van der Waals surface area contributed by atoms with Gasteiger partial charge in [-0.15, -0.1) is 53.6 Å². The normalized spacial score (nSPS) is 10.9. The molecule has 1 radical (unpaired) electrons. The summed E-state index contributed by atoms with van der Waals surface area (Å²) in [6, 6.07) is 50.6. The van der Waals surface area contributed by atoms with Crippen molar-refractivity contribution in [2.24, 2.45) is 0 Å². The molecule has 0 bridgehead atoms. The van der Waals surface area contributed by atoms with Crippen molar-refractivity contribution in [3.8, 4) is 44.8 Å². The van der Waals surface area contributed by atoms with Crippen LogP contribution in [0, 0.1) is 39.8 Å². The summed E-state index contributed by atoms with van der Waals surface area (Å²) < 4.78 is 6.24. The van der Waals surface area contributed by atoms with E-state index in [1.807, 2.05) is 62.6 Å². The van der Waals surface area contributed by atoms with Gasteiger partial charge in [-0.05, 0) is 94.5 Å². The fourth-order valence-corrected chi connectivity index (χ4v) is 6.67. The van der Waals surface area contributed by atoms with Gasteiger partial charge in [0, 0.05) is 43.6 Å². The summed E-state index contributed by atoms with van der Waals surface area (Å²) >= 11 is 0. The zero-order chi connectivity index (χ0) is 34.9. The molecule has 0 spiro atoms. The monoisotopic (exact) mass is 850 g/mol. The van der Waals surface area contributed by atoms with Crippen LogP contribution >= 0.6 is 0 Å². The van der Waals surface area contributed by atoms with Crippen molar-refractivity contribution in [3.05, 3.63) is 174 Å². The molecule has 4 aromatic heterocycles. The van der Waals surface area contributed by atoms with E-state index in [9.17, 15) is 0 Å². The van der Waals surface area contributed by atoms with E-state index in [0.717, 1.165) is 50.1 Å². The van der Waals surface area contributed by atoms with E-state index >= 15 is 0 Å². The molecule has 0 atom stereocenters. The van der Waals surface area contributed by atoms with Gasteiger partial charge in [-0.1, -0.05) is 96.7 Å². The van der Waals surface area contributed by atoms with Crippen LogP contribution in [0.5, 0.6) is 0 Å². The van der Waals surface area contributed by atoms with Crippen molar-refractivity contribution >= 4 is 32.8 Å². The third kappa shape index (κ3) is 6.81. The second kappa shape index (κ2) is 14.9. The smallest absolute Gasteiger partial charge is 0.216 e. The Morgan fingerprint density at radius 2 is 1.38 bits per heavy atom. The number of pyridine rings is 3.